The van der Waals surface area contributed by atoms with Gasteiger partial charge < -0.3 is 4.90 Å². The molecule has 1 aromatic heterocycles. The molecule has 1 aliphatic rings. The zero-order valence-electron chi connectivity index (χ0n) is 19.0. The first-order valence-electron chi connectivity index (χ1n) is 11.0. The van der Waals surface area contributed by atoms with Crippen molar-refractivity contribution in [1.82, 2.24) is 9.88 Å². The number of amides is 2. The molecule has 168 valence electrons. The molecule has 0 saturated carbocycles. The van der Waals surface area contributed by atoms with Crippen LogP contribution < -0.4 is 4.90 Å². The Labute approximate surface area is 193 Å². The number of benzene rings is 2. The lowest BCUT2D eigenvalue weighted by Crippen LogP contribution is -2.36. The van der Waals surface area contributed by atoms with Gasteiger partial charge in [0.2, 0.25) is 0 Å². The Hall–Kier alpha value is -3.80. The largest absolute Gasteiger partial charge is 0.366 e. The summed E-state index contributed by atoms with van der Waals surface area (Å²) in [7, 11) is 0. The SMILES string of the molecule is CCN(CCc1ccncc1)C1=C(c2ccc(C)cc2C)C(=O)N(c2ccc(F)cc2)C1=O. The summed E-state index contributed by atoms with van der Waals surface area (Å²) >= 11 is 0. The van der Waals surface area contributed by atoms with E-state index in [2.05, 4.69) is 4.98 Å². The van der Waals surface area contributed by atoms with Gasteiger partial charge in [0.1, 0.15) is 11.5 Å². The first-order chi connectivity index (χ1) is 15.9. The molecule has 0 spiro atoms. The molecule has 4 rings (SSSR count). The summed E-state index contributed by atoms with van der Waals surface area (Å²) in [5.74, 6) is -1.21. The standard InChI is InChI=1S/C27H26FN3O2/c1-4-30(16-13-20-11-14-29-15-12-20)25-24(23-10-5-18(2)17-19(23)3)26(32)31(27(25)33)22-8-6-21(28)7-9-22/h5-12,14-15,17H,4,13,16H2,1-3H3. The van der Waals surface area contributed by atoms with E-state index in [0.717, 1.165) is 27.2 Å². The van der Waals surface area contributed by atoms with Gasteiger partial charge in [0.05, 0.1) is 11.3 Å². The number of likely N-dealkylation sites (N-methyl/N-ethyl adjacent to an activating group) is 1. The van der Waals surface area contributed by atoms with Gasteiger partial charge in [-0.3, -0.25) is 14.6 Å². The monoisotopic (exact) mass is 443 g/mol. The van der Waals surface area contributed by atoms with E-state index in [-0.39, 0.29) is 0 Å². The van der Waals surface area contributed by atoms with Gasteiger partial charge >= 0.3 is 0 Å². The highest BCUT2D eigenvalue weighted by Crippen LogP contribution is 2.36. The molecule has 6 heteroatoms. The van der Waals surface area contributed by atoms with Crippen molar-refractivity contribution in [2.24, 2.45) is 0 Å². The summed E-state index contributed by atoms with van der Waals surface area (Å²) in [6.07, 6.45) is 4.19. The van der Waals surface area contributed by atoms with Crippen molar-refractivity contribution in [2.75, 3.05) is 18.0 Å². The van der Waals surface area contributed by atoms with Crippen LogP contribution in [0.5, 0.6) is 0 Å². The number of halogens is 1. The van der Waals surface area contributed by atoms with Crippen molar-refractivity contribution < 1.29 is 14.0 Å². The van der Waals surface area contributed by atoms with E-state index in [4.69, 9.17) is 0 Å². The van der Waals surface area contributed by atoms with Gasteiger partial charge in [-0.05, 0) is 80.3 Å². The maximum Gasteiger partial charge on any atom is 0.282 e. The normalized spacial score (nSPS) is 13.8. The molecule has 3 aromatic rings. The second kappa shape index (κ2) is 9.36. The van der Waals surface area contributed by atoms with Gasteiger partial charge in [0, 0.05) is 25.5 Å². The number of carbonyl (C=O) groups is 2. The third-order valence-corrected chi connectivity index (χ3v) is 5.91. The van der Waals surface area contributed by atoms with Crippen LogP contribution in [-0.4, -0.2) is 34.8 Å². The predicted molar refractivity (Wildman–Crippen MR) is 127 cm³/mol. The Balaban J connectivity index is 1.79. The minimum absolute atomic E-state index is 0.355. The maximum atomic E-state index is 13.7. The number of hydrogen-bond acceptors (Lipinski definition) is 4. The molecule has 0 N–H and O–H groups in total. The van der Waals surface area contributed by atoms with Crippen LogP contribution in [0, 0.1) is 19.7 Å². The molecule has 2 aromatic carbocycles. The molecule has 0 fully saturated rings. The third kappa shape index (κ3) is 4.42. The topological polar surface area (TPSA) is 53.5 Å². The Morgan fingerprint density at radius 2 is 1.64 bits per heavy atom. The Morgan fingerprint density at radius 1 is 0.939 bits per heavy atom. The van der Waals surface area contributed by atoms with Crippen LogP contribution in [0.2, 0.25) is 0 Å². The number of hydrogen-bond donors (Lipinski definition) is 0. The first-order valence-corrected chi connectivity index (χ1v) is 11.0. The average molecular weight is 444 g/mol. The maximum absolute atomic E-state index is 13.7. The number of rotatable bonds is 7. The lowest BCUT2D eigenvalue weighted by atomic mass is 9.97. The zero-order chi connectivity index (χ0) is 23.5. The molecule has 0 radical (unpaired) electrons. The van der Waals surface area contributed by atoms with Gasteiger partial charge in [0.15, 0.2) is 0 Å². The Morgan fingerprint density at radius 3 is 2.27 bits per heavy atom. The smallest absolute Gasteiger partial charge is 0.282 e. The molecular formula is C27H26FN3O2. The van der Waals surface area contributed by atoms with Crippen LogP contribution in [0.1, 0.15) is 29.2 Å². The molecule has 33 heavy (non-hydrogen) atoms. The second-order valence-electron chi connectivity index (χ2n) is 8.15. The van der Waals surface area contributed by atoms with Crippen LogP contribution in [0.25, 0.3) is 5.57 Å². The molecule has 0 unspecified atom stereocenters. The van der Waals surface area contributed by atoms with Gasteiger partial charge in [-0.15, -0.1) is 0 Å². The molecule has 0 aliphatic carbocycles. The average Bonchev–Trinajstić information content (AvgIpc) is 3.06. The van der Waals surface area contributed by atoms with E-state index in [0.29, 0.717) is 36.5 Å². The molecule has 2 amide bonds. The first kappa shape index (κ1) is 22.4. The summed E-state index contributed by atoms with van der Waals surface area (Å²) < 4.78 is 13.5. The summed E-state index contributed by atoms with van der Waals surface area (Å²) in [4.78, 5) is 34.5. The van der Waals surface area contributed by atoms with E-state index in [1.807, 2.05) is 56.0 Å². The molecule has 0 atom stereocenters. The van der Waals surface area contributed by atoms with Gasteiger partial charge in [-0.25, -0.2) is 9.29 Å². The molecule has 5 nitrogen and oxygen atoms in total. The van der Waals surface area contributed by atoms with Crippen LogP contribution in [-0.2, 0) is 16.0 Å². The fraction of sp³-hybridized carbons (Fsp3) is 0.222. The number of aromatic nitrogens is 1. The quantitative estimate of drug-likeness (QED) is 0.498. The fourth-order valence-corrected chi connectivity index (χ4v) is 4.21. The van der Waals surface area contributed by atoms with Crippen molar-refractivity contribution in [3.63, 3.8) is 0 Å². The fourth-order valence-electron chi connectivity index (χ4n) is 4.21. The van der Waals surface area contributed by atoms with E-state index in [1.54, 1.807) is 12.4 Å². The summed E-state index contributed by atoms with van der Waals surface area (Å²) in [6, 6.07) is 15.2. The predicted octanol–water partition coefficient (Wildman–Crippen LogP) is 4.69. The molecule has 0 saturated heterocycles. The number of aryl methyl sites for hydroxylation is 2. The highest BCUT2D eigenvalue weighted by atomic mass is 19.1. The lowest BCUT2D eigenvalue weighted by molar-refractivity contribution is -0.120. The van der Waals surface area contributed by atoms with E-state index < -0.39 is 17.6 Å². The minimum atomic E-state index is -0.423. The van der Waals surface area contributed by atoms with Crippen LogP contribution in [0.3, 0.4) is 0 Å². The third-order valence-electron chi connectivity index (χ3n) is 5.91. The van der Waals surface area contributed by atoms with E-state index >= 15 is 0 Å². The molecule has 2 heterocycles. The Kier molecular flexibility index (Phi) is 6.36. The summed E-state index contributed by atoms with van der Waals surface area (Å²) in [6.45, 7) is 7.03. The van der Waals surface area contributed by atoms with Crippen LogP contribution in [0.4, 0.5) is 10.1 Å². The van der Waals surface area contributed by atoms with Crippen molar-refractivity contribution in [1.29, 1.82) is 0 Å². The van der Waals surface area contributed by atoms with Crippen LogP contribution in [0.15, 0.2) is 72.7 Å². The summed E-state index contributed by atoms with van der Waals surface area (Å²) in [5, 5.41) is 0. The number of pyridine rings is 1. The van der Waals surface area contributed by atoms with E-state index in [9.17, 15) is 14.0 Å². The molecule has 0 bridgehead atoms. The van der Waals surface area contributed by atoms with Gasteiger partial charge in [-0.2, -0.15) is 0 Å². The number of nitrogens with zero attached hydrogens (tertiary/aromatic N) is 3. The number of anilines is 1. The van der Waals surface area contributed by atoms with Crippen molar-refractivity contribution >= 4 is 23.1 Å². The lowest BCUT2D eigenvalue weighted by Gasteiger charge is -2.25. The number of imide groups is 1. The summed E-state index contributed by atoms with van der Waals surface area (Å²) in [5.41, 5.74) is 4.97. The highest BCUT2D eigenvalue weighted by Gasteiger charge is 2.42. The van der Waals surface area contributed by atoms with E-state index in [1.165, 1.54) is 24.3 Å². The highest BCUT2D eigenvalue weighted by molar-refractivity contribution is 6.45. The molecule has 1 aliphatic heterocycles. The second-order valence-corrected chi connectivity index (χ2v) is 8.15. The van der Waals surface area contributed by atoms with Gasteiger partial charge in [-0.1, -0.05) is 23.8 Å². The number of carbonyl (C=O) groups excluding carboxylic acids is 2. The molecular weight excluding hydrogens is 417 g/mol. The van der Waals surface area contributed by atoms with Crippen LogP contribution >= 0.6 is 0 Å². The van der Waals surface area contributed by atoms with Crippen molar-refractivity contribution in [3.05, 3.63) is 101 Å². The van der Waals surface area contributed by atoms with Crippen molar-refractivity contribution in [2.45, 2.75) is 27.2 Å². The zero-order valence-corrected chi connectivity index (χ0v) is 19.0. The van der Waals surface area contributed by atoms with Gasteiger partial charge in [0.25, 0.3) is 11.8 Å². The van der Waals surface area contributed by atoms with Crippen molar-refractivity contribution in [3.8, 4) is 0 Å². The minimum Gasteiger partial charge on any atom is -0.366 e. The Bertz CT molecular complexity index is 1220.